The van der Waals surface area contributed by atoms with Crippen LogP contribution in [0.3, 0.4) is 0 Å². The third-order valence-electron chi connectivity index (χ3n) is 11.7. The molecule has 0 aliphatic heterocycles. The van der Waals surface area contributed by atoms with Gasteiger partial charge in [-0.1, -0.05) is 58.0 Å². The first kappa shape index (κ1) is 70.4. The summed E-state index contributed by atoms with van der Waals surface area (Å²) in [5.74, 6) is -12.4. The van der Waals surface area contributed by atoms with Gasteiger partial charge in [0.25, 0.3) is 0 Å². The van der Waals surface area contributed by atoms with Crippen LogP contribution in [0.2, 0.25) is 0 Å². The Kier molecular flexibility index (Phi) is 32.8. The highest BCUT2D eigenvalue weighted by Gasteiger charge is 2.35. The molecule has 448 valence electrons. The van der Waals surface area contributed by atoms with Crippen molar-refractivity contribution in [2.24, 2.45) is 45.5 Å². The minimum Gasteiger partial charge on any atom is -0.480 e. The van der Waals surface area contributed by atoms with Gasteiger partial charge in [0.05, 0.1) is 25.8 Å². The number of hydrogen-bond donors (Lipinski definition) is 17. The summed E-state index contributed by atoms with van der Waals surface area (Å²) in [7, 11) is 0. The molecule has 0 fully saturated rings. The molecule has 0 spiro atoms. The zero-order chi connectivity index (χ0) is 60.6. The Morgan fingerprint density at radius 3 is 1.48 bits per heavy atom. The lowest BCUT2D eigenvalue weighted by Gasteiger charge is -2.28. The summed E-state index contributed by atoms with van der Waals surface area (Å²) >= 11 is 1.34. The number of carboxylic acid groups (broad SMARTS) is 1. The topological polar surface area (TPSA) is 516 Å². The second-order valence-corrected chi connectivity index (χ2v) is 20.3. The van der Waals surface area contributed by atoms with Crippen LogP contribution in [0.5, 0.6) is 0 Å². The molecule has 0 radical (unpaired) electrons. The van der Waals surface area contributed by atoms with Gasteiger partial charge in [0.2, 0.25) is 65.0 Å². The first-order valence-corrected chi connectivity index (χ1v) is 27.1. The van der Waals surface area contributed by atoms with Crippen molar-refractivity contribution in [2.45, 2.75) is 140 Å². The summed E-state index contributed by atoms with van der Waals surface area (Å²) in [4.78, 5) is 161. The maximum Gasteiger partial charge on any atom is 0.326 e. The summed E-state index contributed by atoms with van der Waals surface area (Å²) < 4.78 is 0. The van der Waals surface area contributed by atoms with Crippen molar-refractivity contribution < 1.29 is 72.9 Å². The Balaban J connectivity index is 3.41. The predicted octanol–water partition coefficient (Wildman–Crippen LogP) is -6.34. The highest BCUT2D eigenvalue weighted by molar-refractivity contribution is 7.98. The molecule has 0 saturated heterocycles. The average Bonchev–Trinajstić information content (AvgIpc) is 3.39. The summed E-state index contributed by atoms with van der Waals surface area (Å²) in [5.41, 5.74) is 28.1. The van der Waals surface area contributed by atoms with Gasteiger partial charge in [-0.25, -0.2) is 4.79 Å². The Bertz CT molecular complexity index is 2290. The number of rotatable bonds is 39. The van der Waals surface area contributed by atoms with Gasteiger partial charge >= 0.3 is 5.97 Å². The van der Waals surface area contributed by atoms with Crippen molar-refractivity contribution in [2.75, 3.05) is 38.3 Å². The van der Waals surface area contributed by atoms with Gasteiger partial charge < -0.3 is 91.8 Å². The van der Waals surface area contributed by atoms with Gasteiger partial charge in [-0.2, -0.15) is 11.8 Å². The van der Waals surface area contributed by atoms with Crippen LogP contribution in [-0.4, -0.2) is 185 Å². The number of thioether (sulfide) groups is 1. The molecule has 0 aliphatic carbocycles. The van der Waals surface area contributed by atoms with E-state index in [4.69, 9.17) is 28.7 Å². The number of primary amides is 2. The molecule has 80 heavy (non-hydrogen) atoms. The number of benzene rings is 1. The van der Waals surface area contributed by atoms with E-state index in [1.165, 1.54) is 11.8 Å². The van der Waals surface area contributed by atoms with Crippen LogP contribution < -0.4 is 76.5 Å². The number of aliphatic hydroxyl groups excluding tert-OH is 2. The van der Waals surface area contributed by atoms with Gasteiger partial charge in [-0.3, -0.25) is 57.7 Å². The lowest BCUT2D eigenvalue weighted by molar-refractivity contribution is -0.142. The Morgan fingerprint density at radius 1 is 0.562 bits per heavy atom. The molecule has 0 saturated carbocycles. The van der Waals surface area contributed by atoms with Gasteiger partial charge in [0, 0.05) is 25.8 Å². The molecule has 0 bridgehead atoms. The van der Waals surface area contributed by atoms with Crippen LogP contribution in [0.15, 0.2) is 35.3 Å². The van der Waals surface area contributed by atoms with E-state index >= 15 is 0 Å². The van der Waals surface area contributed by atoms with Crippen LogP contribution in [0.1, 0.15) is 84.6 Å². The molecular weight excluding hydrogens is 1070 g/mol. The molecule has 30 nitrogen and oxygen atoms in total. The molecule has 9 atom stereocenters. The number of carbonyl (C=O) groups excluding carboxylic acids is 11. The number of guanidine groups is 1. The molecule has 1 aromatic carbocycles. The highest BCUT2D eigenvalue weighted by Crippen LogP contribution is 2.11. The maximum absolute atomic E-state index is 14.1. The van der Waals surface area contributed by atoms with Crippen LogP contribution in [-0.2, 0) is 64.0 Å². The lowest BCUT2D eigenvalue weighted by atomic mass is 10.0. The molecule has 0 unspecified atom stereocenters. The number of nitrogens with one attached hydrogen (secondary N) is 9. The number of nitrogens with zero attached hydrogens (tertiary/aromatic N) is 1. The van der Waals surface area contributed by atoms with Crippen LogP contribution in [0, 0.1) is 11.8 Å². The summed E-state index contributed by atoms with van der Waals surface area (Å²) in [6.45, 7) is 4.03. The zero-order valence-corrected chi connectivity index (χ0v) is 46.4. The van der Waals surface area contributed by atoms with Gasteiger partial charge in [0.15, 0.2) is 5.96 Å². The number of aliphatic hydroxyl groups is 2. The van der Waals surface area contributed by atoms with Crippen molar-refractivity contribution in [3.05, 3.63) is 35.9 Å². The Morgan fingerprint density at radius 2 is 1.01 bits per heavy atom. The lowest BCUT2D eigenvalue weighted by Crippen LogP contribution is -2.61. The van der Waals surface area contributed by atoms with Crippen molar-refractivity contribution >= 4 is 88.7 Å². The van der Waals surface area contributed by atoms with Crippen molar-refractivity contribution in [1.82, 2.24) is 47.9 Å². The SMILES string of the molecule is CSCC[C@H](NC(=O)[C@H](CO)NC(=O)CNC(=O)[C@@H](NC(=O)[C@H](Cc1ccccc1)NC(=O)[C@H](CCC(N)=O)NC(=O)[C@H](CO)NC(=O)[C@H](CCC(N)=O)NC(=O)[C@H](CCCN=C(N)N)NC(=O)[C@@H](N)CC(C)C)C(C)C)C(=O)O. The van der Waals surface area contributed by atoms with Crippen LogP contribution in [0.4, 0.5) is 0 Å². The number of carboxylic acids is 1. The molecule has 0 heterocycles. The molecular formula is C49H81N15O15S. The van der Waals surface area contributed by atoms with Crippen LogP contribution in [0.25, 0.3) is 0 Å². The van der Waals surface area contributed by atoms with Gasteiger partial charge in [-0.15, -0.1) is 0 Å². The van der Waals surface area contributed by atoms with E-state index in [2.05, 4.69) is 52.8 Å². The molecule has 31 heteroatoms. The quantitative estimate of drug-likeness (QED) is 0.0166. The van der Waals surface area contributed by atoms with Gasteiger partial charge in [0.1, 0.15) is 48.3 Å². The van der Waals surface area contributed by atoms with Crippen LogP contribution >= 0.6 is 11.8 Å². The first-order chi connectivity index (χ1) is 37.6. The average molecular weight is 1150 g/mol. The molecule has 1 rings (SSSR count). The fraction of sp³-hybridized carbons (Fsp3) is 0.612. The second kappa shape index (κ2) is 37.3. The minimum absolute atomic E-state index is 0.0135. The summed E-state index contributed by atoms with van der Waals surface area (Å²) in [6.07, 6.45) is 0.0700. The monoisotopic (exact) mass is 1150 g/mol. The number of amides is 11. The molecule has 0 aromatic heterocycles. The highest BCUT2D eigenvalue weighted by atomic mass is 32.2. The third-order valence-corrected chi connectivity index (χ3v) is 12.4. The fourth-order valence-electron chi connectivity index (χ4n) is 7.39. The summed E-state index contributed by atoms with van der Waals surface area (Å²) in [5, 5.41) is 51.1. The largest absolute Gasteiger partial charge is 0.480 e. The maximum atomic E-state index is 14.1. The van der Waals surface area contributed by atoms with E-state index in [1.807, 2.05) is 13.8 Å². The van der Waals surface area contributed by atoms with Crippen molar-refractivity contribution in [3.63, 3.8) is 0 Å². The second-order valence-electron chi connectivity index (χ2n) is 19.3. The number of aliphatic imine (C=N–C) groups is 1. The van der Waals surface area contributed by atoms with Crippen molar-refractivity contribution in [1.29, 1.82) is 0 Å². The molecule has 0 aliphatic rings. The van der Waals surface area contributed by atoms with E-state index in [9.17, 15) is 72.9 Å². The number of hydrogen-bond acceptors (Lipinski definition) is 17. The fourth-order valence-corrected chi connectivity index (χ4v) is 7.86. The first-order valence-electron chi connectivity index (χ1n) is 25.7. The smallest absolute Gasteiger partial charge is 0.326 e. The number of aliphatic carboxylic acids is 1. The number of nitrogens with two attached hydrogens (primary N) is 5. The zero-order valence-electron chi connectivity index (χ0n) is 45.6. The van der Waals surface area contributed by atoms with E-state index in [0.29, 0.717) is 11.3 Å². The normalized spacial score (nSPS) is 14.4. The minimum atomic E-state index is -1.87. The van der Waals surface area contributed by atoms with Gasteiger partial charge in [-0.05, 0) is 67.9 Å². The molecule has 22 N–H and O–H groups in total. The summed E-state index contributed by atoms with van der Waals surface area (Å²) in [6, 6.07) is -5.08. The molecule has 11 amide bonds. The molecule has 1 aromatic rings. The van der Waals surface area contributed by atoms with E-state index in [0.717, 1.165) is 0 Å². The number of carbonyl (C=O) groups is 12. The Labute approximate surface area is 467 Å². The van der Waals surface area contributed by atoms with E-state index in [1.54, 1.807) is 50.4 Å². The predicted molar refractivity (Wildman–Crippen MR) is 292 cm³/mol. The van der Waals surface area contributed by atoms with E-state index < -0.39 is 177 Å². The standard InChI is InChI=1S/C49H81N15O15S/c1-25(2)20-28(50)40(70)58-29(12-9-18-55-49(53)54)41(71)59-31(14-16-37(52)68)43(73)63-35(24-66)46(76)60-30(13-15-36(51)67)42(72)62-33(21-27-10-7-6-8-11-27)44(74)64-39(26(3)4)47(77)56-22-38(69)57-34(23-65)45(75)61-32(48(78)79)17-19-80-5/h6-8,10-11,25-26,28-35,39,65-66H,9,12-24,50H2,1-5H3,(H2,51,67)(H2,52,68)(H,56,77)(H,57,69)(H,58,70)(H,59,71)(H,60,76)(H,61,75)(H,62,72)(H,63,73)(H,64,74)(H,78,79)(H4,53,54,55)/t28-,29-,30-,31-,32-,33-,34-,35-,39-/m0/s1. The third kappa shape index (κ3) is 27.8. The Hall–Kier alpha value is -7.64. The van der Waals surface area contributed by atoms with Crippen molar-refractivity contribution in [3.8, 4) is 0 Å². The van der Waals surface area contributed by atoms with E-state index in [-0.39, 0.29) is 50.5 Å².